The molecule has 0 aromatic heterocycles. The van der Waals surface area contributed by atoms with E-state index in [-0.39, 0.29) is 0 Å². The van der Waals surface area contributed by atoms with Gasteiger partial charge in [0, 0.05) is 11.8 Å². The number of rotatable bonds is 0. The summed E-state index contributed by atoms with van der Waals surface area (Å²) >= 11 is 2.06. The fourth-order valence-corrected chi connectivity index (χ4v) is 4.82. The Morgan fingerprint density at radius 3 is 2.18 bits per heavy atom. The highest BCUT2D eigenvalue weighted by Gasteiger charge is 2.55. The number of hydrogen-bond acceptors (Lipinski definition) is 2. The molecule has 4 atom stereocenters. The monoisotopic (exact) mass is 168 g/mol. The standard InChI is InChI=1S/C9H12OS/c10-9-5-1-2-6(9)8-4-11-3-7(5)8/h5-8H,1-4H2/t5-,6+,7+,8-. The molecule has 0 aromatic carbocycles. The molecule has 3 fully saturated rings. The molecule has 11 heavy (non-hydrogen) atoms. The predicted octanol–water partition coefficient (Wildman–Crippen LogP) is 1.57. The van der Waals surface area contributed by atoms with Crippen LogP contribution < -0.4 is 0 Å². The Balaban J connectivity index is 1.99. The molecule has 1 heterocycles. The SMILES string of the molecule is O=C1[C@H]2CC[C@@H]1[C@@H]1CSC[C@@H]12. The Labute approximate surface area is 70.9 Å². The van der Waals surface area contributed by atoms with Crippen molar-refractivity contribution in [1.29, 1.82) is 0 Å². The summed E-state index contributed by atoms with van der Waals surface area (Å²) in [5, 5.41) is 0. The molecule has 0 amide bonds. The smallest absolute Gasteiger partial charge is 0.139 e. The Hall–Kier alpha value is 0.0200. The average molecular weight is 168 g/mol. The van der Waals surface area contributed by atoms with Gasteiger partial charge in [-0.25, -0.2) is 0 Å². The summed E-state index contributed by atoms with van der Waals surface area (Å²) in [6.45, 7) is 0. The molecule has 0 radical (unpaired) electrons. The van der Waals surface area contributed by atoms with Crippen LogP contribution in [0.4, 0.5) is 0 Å². The molecule has 1 saturated heterocycles. The molecule has 60 valence electrons. The van der Waals surface area contributed by atoms with Crippen molar-refractivity contribution >= 4 is 17.5 Å². The summed E-state index contributed by atoms with van der Waals surface area (Å²) in [6.07, 6.45) is 2.43. The molecule has 1 nitrogen and oxygen atoms in total. The fraction of sp³-hybridized carbons (Fsp3) is 0.889. The van der Waals surface area contributed by atoms with Crippen molar-refractivity contribution in [3.05, 3.63) is 0 Å². The minimum atomic E-state index is 0.500. The van der Waals surface area contributed by atoms with Gasteiger partial charge < -0.3 is 0 Å². The number of ketones is 1. The quantitative estimate of drug-likeness (QED) is 0.546. The van der Waals surface area contributed by atoms with E-state index in [1.807, 2.05) is 0 Å². The van der Waals surface area contributed by atoms with E-state index in [9.17, 15) is 4.79 Å². The van der Waals surface area contributed by atoms with Crippen LogP contribution in [0.15, 0.2) is 0 Å². The van der Waals surface area contributed by atoms with Gasteiger partial charge in [-0.3, -0.25) is 4.79 Å². The fourth-order valence-electron chi connectivity index (χ4n) is 3.19. The second kappa shape index (κ2) is 2.03. The summed E-state index contributed by atoms with van der Waals surface area (Å²) in [5.74, 6) is 5.77. The van der Waals surface area contributed by atoms with Crippen LogP contribution in [0.3, 0.4) is 0 Å². The lowest BCUT2D eigenvalue weighted by molar-refractivity contribution is -0.121. The van der Waals surface area contributed by atoms with Gasteiger partial charge in [0.15, 0.2) is 0 Å². The number of Topliss-reactive ketones (excluding diaryl/α,β-unsaturated/α-hetero) is 1. The number of carbonyl (C=O) groups excluding carboxylic acids is 1. The van der Waals surface area contributed by atoms with E-state index < -0.39 is 0 Å². The first-order chi connectivity index (χ1) is 5.38. The maximum absolute atomic E-state index is 11.6. The molecular weight excluding hydrogens is 156 g/mol. The van der Waals surface area contributed by atoms with Crippen molar-refractivity contribution in [3.63, 3.8) is 0 Å². The summed E-state index contributed by atoms with van der Waals surface area (Å²) in [5.41, 5.74) is 0. The van der Waals surface area contributed by atoms with Crippen LogP contribution in [-0.2, 0) is 4.79 Å². The Bertz CT molecular complexity index is 194. The van der Waals surface area contributed by atoms with Crippen LogP contribution in [0.2, 0.25) is 0 Å². The van der Waals surface area contributed by atoms with E-state index in [4.69, 9.17) is 0 Å². The Kier molecular flexibility index (Phi) is 1.21. The van der Waals surface area contributed by atoms with Gasteiger partial charge in [0.25, 0.3) is 0 Å². The van der Waals surface area contributed by atoms with Crippen LogP contribution >= 0.6 is 11.8 Å². The molecular formula is C9H12OS. The van der Waals surface area contributed by atoms with Crippen LogP contribution in [0.5, 0.6) is 0 Å². The van der Waals surface area contributed by atoms with Gasteiger partial charge in [0.1, 0.15) is 5.78 Å². The zero-order chi connectivity index (χ0) is 7.42. The van der Waals surface area contributed by atoms with Crippen molar-refractivity contribution in [3.8, 4) is 0 Å². The highest BCUT2D eigenvalue weighted by Crippen LogP contribution is 2.54. The molecule has 0 spiro atoms. The second-order valence-electron chi connectivity index (χ2n) is 4.06. The van der Waals surface area contributed by atoms with Crippen molar-refractivity contribution in [2.24, 2.45) is 23.7 Å². The second-order valence-corrected chi connectivity index (χ2v) is 5.13. The van der Waals surface area contributed by atoms with E-state index in [1.54, 1.807) is 0 Å². The van der Waals surface area contributed by atoms with Gasteiger partial charge in [0.05, 0.1) is 0 Å². The summed E-state index contributed by atoms with van der Waals surface area (Å²) in [4.78, 5) is 11.6. The molecule has 1 aliphatic heterocycles. The lowest BCUT2D eigenvalue weighted by atomic mass is 9.82. The predicted molar refractivity (Wildman–Crippen MR) is 45.5 cm³/mol. The summed E-state index contributed by atoms with van der Waals surface area (Å²) < 4.78 is 0. The van der Waals surface area contributed by atoms with Gasteiger partial charge in [-0.1, -0.05) is 0 Å². The van der Waals surface area contributed by atoms with Crippen molar-refractivity contribution in [2.45, 2.75) is 12.8 Å². The molecule has 2 heteroatoms. The molecule has 0 aromatic rings. The normalized spacial score (nSPS) is 53.6. The molecule has 2 bridgehead atoms. The number of thioether (sulfide) groups is 1. The van der Waals surface area contributed by atoms with Crippen LogP contribution in [0.25, 0.3) is 0 Å². The third-order valence-corrected chi connectivity index (χ3v) is 4.96. The summed E-state index contributed by atoms with van der Waals surface area (Å²) in [7, 11) is 0. The van der Waals surface area contributed by atoms with Crippen LogP contribution in [-0.4, -0.2) is 17.3 Å². The number of fused-ring (bicyclic) bond motifs is 5. The highest BCUT2D eigenvalue weighted by molar-refractivity contribution is 7.99. The molecule has 2 saturated carbocycles. The highest BCUT2D eigenvalue weighted by atomic mass is 32.2. The van der Waals surface area contributed by atoms with Crippen LogP contribution in [0.1, 0.15) is 12.8 Å². The first-order valence-corrected chi connectivity index (χ1v) is 5.65. The number of hydrogen-bond donors (Lipinski definition) is 0. The van der Waals surface area contributed by atoms with E-state index in [0.29, 0.717) is 17.6 Å². The van der Waals surface area contributed by atoms with E-state index in [1.165, 1.54) is 24.3 Å². The van der Waals surface area contributed by atoms with Crippen molar-refractivity contribution in [2.75, 3.05) is 11.5 Å². The lowest BCUT2D eigenvalue weighted by Gasteiger charge is -2.20. The zero-order valence-corrected chi connectivity index (χ0v) is 7.27. The molecule has 3 rings (SSSR count). The maximum Gasteiger partial charge on any atom is 0.139 e. The Morgan fingerprint density at radius 1 is 1.09 bits per heavy atom. The van der Waals surface area contributed by atoms with E-state index in [2.05, 4.69) is 11.8 Å². The minimum Gasteiger partial charge on any atom is -0.299 e. The lowest BCUT2D eigenvalue weighted by Crippen LogP contribution is -2.19. The van der Waals surface area contributed by atoms with Gasteiger partial charge >= 0.3 is 0 Å². The largest absolute Gasteiger partial charge is 0.299 e. The zero-order valence-electron chi connectivity index (χ0n) is 6.45. The average Bonchev–Trinajstić information content (AvgIpc) is 2.61. The number of carbonyl (C=O) groups is 1. The van der Waals surface area contributed by atoms with Gasteiger partial charge in [-0.2, -0.15) is 11.8 Å². The molecule has 3 aliphatic rings. The van der Waals surface area contributed by atoms with E-state index >= 15 is 0 Å². The van der Waals surface area contributed by atoms with Gasteiger partial charge in [-0.15, -0.1) is 0 Å². The summed E-state index contributed by atoms with van der Waals surface area (Å²) in [6, 6.07) is 0. The Morgan fingerprint density at radius 2 is 1.64 bits per heavy atom. The van der Waals surface area contributed by atoms with Crippen molar-refractivity contribution < 1.29 is 4.79 Å². The van der Waals surface area contributed by atoms with Gasteiger partial charge in [-0.05, 0) is 36.2 Å². The molecule has 2 aliphatic carbocycles. The third-order valence-electron chi connectivity index (χ3n) is 3.72. The van der Waals surface area contributed by atoms with Crippen molar-refractivity contribution in [1.82, 2.24) is 0 Å². The molecule has 0 N–H and O–H groups in total. The first-order valence-electron chi connectivity index (χ1n) is 4.49. The maximum atomic E-state index is 11.6. The first kappa shape index (κ1) is 6.53. The topological polar surface area (TPSA) is 17.1 Å². The third kappa shape index (κ3) is 0.670. The minimum absolute atomic E-state index is 0.500. The molecule has 0 unspecified atom stereocenters. The van der Waals surface area contributed by atoms with Gasteiger partial charge in [0.2, 0.25) is 0 Å². The van der Waals surface area contributed by atoms with Crippen LogP contribution in [0, 0.1) is 23.7 Å². The van der Waals surface area contributed by atoms with E-state index in [0.717, 1.165) is 11.8 Å².